The topological polar surface area (TPSA) is 55.4 Å². The van der Waals surface area contributed by atoms with Gasteiger partial charge in [0.1, 0.15) is 5.75 Å². The third-order valence-electron chi connectivity index (χ3n) is 2.87. The second-order valence-corrected chi connectivity index (χ2v) is 5.61. The SMILES string of the molecule is O=S(=O)(NC1CCCCC1)Oc1ccccc1. The fourth-order valence-corrected chi connectivity index (χ4v) is 3.11. The summed E-state index contributed by atoms with van der Waals surface area (Å²) in [4.78, 5) is 0. The predicted molar refractivity (Wildman–Crippen MR) is 66.0 cm³/mol. The molecule has 0 aromatic heterocycles. The van der Waals surface area contributed by atoms with Crippen molar-refractivity contribution in [3.63, 3.8) is 0 Å². The molecule has 1 N–H and O–H groups in total. The third-order valence-corrected chi connectivity index (χ3v) is 3.90. The lowest BCUT2D eigenvalue weighted by Crippen LogP contribution is -2.38. The molecule has 94 valence electrons. The number of rotatable bonds is 4. The Bertz CT molecular complexity index is 438. The molecule has 1 fully saturated rings. The summed E-state index contributed by atoms with van der Waals surface area (Å²) in [6.45, 7) is 0. The molecule has 0 radical (unpaired) electrons. The number of nitrogens with one attached hydrogen (secondary N) is 1. The molecule has 1 aliphatic rings. The molecular formula is C12H17NO3S. The first-order valence-corrected chi connectivity index (χ1v) is 7.33. The number of hydrogen-bond acceptors (Lipinski definition) is 3. The molecule has 5 heteroatoms. The van der Waals surface area contributed by atoms with Crippen molar-refractivity contribution in [1.82, 2.24) is 4.72 Å². The van der Waals surface area contributed by atoms with E-state index in [4.69, 9.17) is 4.18 Å². The van der Waals surface area contributed by atoms with Gasteiger partial charge >= 0.3 is 10.3 Å². The van der Waals surface area contributed by atoms with Gasteiger partial charge in [-0.1, -0.05) is 37.5 Å². The lowest BCUT2D eigenvalue weighted by molar-refractivity contribution is 0.391. The zero-order valence-corrected chi connectivity index (χ0v) is 10.4. The maximum atomic E-state index is 11.7. The molecule has 17 heavy (non-hydrogen) atoms. The number of hydrogen-bond donors (Lipinski definition) is 1. The van der Waals surface area contributed by atoms with Crippen LogP contribution < -0.4 is 8.91 Å². The van der Waals surface area contributed by atoms with Crippen LogP contribution in [0.5, 0.6) is 5.75 Å². The molecular weight excluding hydrogens is 238 g/mol. The van der Waals surface area contributed by atoms with Crippen LogP contribution in [0.25, 0.3) is 0 Å². The minimum atomic E-state index is -3.68. The van der Waals surface area contributed by atoms with Crippen LogP contribution in [-0.2, 0) is 10.3 Å². The fraction of sp³-hybridized carbons (Fsp3) is 0.500. The van der Waals surface area contributed by atoms with Crippen LogP contribution >= 0.6 is 0 Å². The molecule has 0 aliphatic heterocycles. The fourth-order valence-electron chi connectivity index (χ4n) is 2.05. The lowest BCUT2D eigenvalue weighted by Gasteiger charge is -2.22. The van der Waals surface area contributed by atoms with E-state index in [1.807, 2.05) is 6.07 Å². The second-order valence-electron chi connectivity index (χ2n) is 4.30. The largest absolute Gasteiger partial charge is 0.382 e. The first-order chi connectivity index (χ1) is 8.16. The van der Waals surface area contributed by atoms with Gasteiger partial charge in [0.05, 0.1) is 0 Å². The Morgan fingerprint density at radius 1 is 1.06 bits per heavy atom. The first-order valence-electron chi connectivity index (χ1n) is 5.92. The van der Waals surface area contributed by atoms with Gasteiger partial charge in [-0.05, 0) is 25.0 Å². The van der Waals surface area contributed by atoms with E-state index >= 15 is 0 Å². The Morgan fingerprint density at radius 2 is 1.71 bits per heavy atom. The van der Waals surface area contributed by atoms with Crippen molar-refractivity contribution in [2.45, 2.75) is 38.1 Å². The lowest BCUT2D eigenvalue weighted by atomic mass is 9.96. The normalized spacial score (nSPS) is 17.9. The maximum Gasteiger partial charge on any atom is 0.382 e. The molecule has 0 saturated heterocycles. The van der Waals surface area contributed by atoms with E-state index in [2.05, 4.69) is 4.72 Å². The monoisotopic (exact) mass is 255 g/mol. The summed E-state index contributed by atoms with van der Waals surface area (Å²) in [7, 11) is -3.68. The van der Waals surface area contributed by atoms with E-state index in [0.29, 0.717) is 5.75 Å². The van der Waals surface area contributed by atoms with E-state index in [-0.39, 0.29) is 6.04 Å². The number of benzene rings is 1. The summed E-state index contributed by atoms with van der Waals surface area (Å²) in [6.07, 6.45) is 5.16. The van der Waals surface area contributed by atoms with Crippen molar-refractivity contribution in [1.29, 1.82) is 0 Å². The zero-order valence-electron chi connectivity index (χ0n) is 9.63. The number of para-hydroxylation sites is 1. The highest BCUT2D eigenvalue weighted by Crippen LogP contribution is 2.19. The van der Waals surface area contributed by atoms with Gasteiger partial charge in [0.2, 0.25) is 0 Å². The van der Waals surface area contributed by atoms with Gasteiger partial charge in [-0.15, -0.1) is 0 Å². The van der Waals surface area contributed by atoms with Crippen molar-refractivity contribution < 1.29 is 12.6 Å². The van der Waals surface area contributed by atoms with Crippen molar-refractivity contribution in [2.24, 2.45) is 0 Å². The average molecular weight is 255 g/mol. The zero-order chi connectivity index (χ0) is 12.1. The Kier molecular flexibility index (Phi) is 4.02. The van der Waals surface area contributed by atoms with Gasteiger partial charge in [0.15, 0.2) is 0 Å². The van der Waals surface area contributed by atoms with Crippen LogP contribution in [0.2, 0.25) is 0 Å². The van der Waals surface area contributed by atoms with Crippen LogP contribution in [0.1, 0.15) is 32.1 Å². The molecule has 2 rings (SSSR count). The van der Waals surface area contributed by atoms with Gasteiger partial charge in [0.25, 0.3) is 0 Å². The highest BCUT2D eigenvalue weighted by molar-refractivity contribution is 7.85. The van der Waals surface area contributed by atoms with Gasteiger partial charge in [-0.3, -0.25) is 0 Å². The van der Waals surface area contributed by atoms with Crippen LogP contribution in [0, 0.1) is 0 Å². The molecule has 0 bridgehead atoms. The molecule has 0 unspecified atom stereocenters. The molecule has 4 nitrogen and oxygen atoms in total. The summed E-state index contributed by atoms with van der Waals surface area (Å²) in [5, 5.41) is 0. The van der Waals surface area contributed by atoms with E-state index in [1.54, 1.807) is 24.3 Å². The minimum Gasteiger partial charge on any atom is -0.371 e. The molecule has 1 aromatic carbocycles. The highest BCUT2D eigenvalue weighted by Gasteiger charge is 2.21. The molecule has 1 aromatic rings. The van der Waals surface area contributed by atoms with Crippen molar-refractivity contribution >= 4 is 10.3 Å². The molecule has 0 atom stereocenters. The average Bonchev–Trinajstić information content (AvgIpc) is 2.30. The predicted octanol–water partition coefficient (Wildman–Crippen LogP) is 2.23. The van der Waals surface area contributed by atoms with Crippen molar-refractivity contribution in [2.75, 3.05) is 0 Å². The summed E-state index contributed by atoms with van der Waals surface area (Å²) in [6, 6.07) is 8.57. The van der Waals surface area contributed by atoms with Gasteiger partial charge in [-0.25, -0.2) is 0 Å². The molecule has 1 aliphatic carbocycles. The van der Waals surface area contributed by atoms with E-state index in [9.17, 15) is 8.42 Å². The summed E-state index contributed by atoms with van der Waals surface area (Å²) >= 11 is 0. The minimum absolute atomic E-state index is 0.0254. The third kappa shape index (κ3) is 4.02. The van der Waals surface area contributed by atoms with Crippen LogP contribution in [0.15, 0.2) is 30.3 Å². The molecule has 0 spiro atoms. The van der Waals surface area contributed by atoms with Gasteiger partial charge < -0.3 is 4.18 Å². The smallest absolute Gasteiger partial charge is 0.371 e. The summed E-state index contributed by atoms with van der Waals surface area (Å²) in [5.74, 6) is 0.343. The summed E-state index contributed by atoms with van der Waals surface area (Å²) < 4.78 is 31.0. The molecule has 0 heterocycles. The highest BCUT2D eigenvalue weighted by atomic mass is 32.2. The Labute approximate surface area is 102 Å². The van der Waals surface area contributed by atoms with E-state index in [1.165, 1.54) is 6.42 Å². The Morgan fingerprint density at radius 3 is 2.35 bits per heavy atom. The van der Waals surface area contributed by atoms with E-state index < -0.39 is 10.3 Å². The van der Waals surface area contributed by atoms with Gasteiger partial charge in [-0.2, -0.15) is 13.1 Å². The van der Waals surface area contributed by atoms with Crippen LogP contribution in [0.3, 0.4) is 0 Å². The van der Waals surface area contributed by atoms with E-state index in [0.717, 1.165) is 25.7 Å². The summed E-state index contributed by atoms with van der Waals surface area (Å²) in [5.41, 5.74) is 0. The standard InChI is InChI=1S/C12H17NO3S/c14-17(15,13-11-7-3-1-4-8-11)16-12-9-5-2-6-10-12/h2,5-6,9-11,13H,1,3-4,7-8H2. The maximum absolute atomic E-state index is 11.7. The molecule has 1 saturated carbocycles. The quantitative estimate of drug-likeness (QED) is 0.897. The van der Waals surface area contributed by atoms with Crippen molar-refractivity contribution in [3.8, 4) is 5.75 Å². The second kappa shape index (κ2) is 5.51. The molecule has 0 amide bonds. The first kappa shape index (κ1) is 12.4. The van der Waals surface area contributed by atoms with Crippen LogP contribution in [0.4, 0.5) is 0 Å². The van der Waals surface area contributed by atoms with Gasteiger partial charge in [0, 0.05) is 6.04 Å². The Hall–Kier alpha value is -1.07. The Balaban J connectivity index is 1.94. The van der Waals surface area contributed by atoms with Crippen molar-refractivity contribution in [3.05, 3.63) is 30.3 Å². The van der Waals surface area contributed by atoms with Crippen LogP contribution in [-0.4, -0.2) is 14.5 Å².